The van der Waals surface area contributed by atoms with Crippen molar-refractivity contribution in [2.75, 3.05) is 12.1 Å². The highest BCUT2D eigenvalue weighted by atomic mass is 32.2. The van der Waals surface area contributed by atoms with Gasteiger partial charge in [-0.2, -0.15) is 0 Å². The van der Waals surface area contributed by atoms with Crippen LogP contribution >= 0.6 is 11.8 Å². The summed E-state index contributed by atoms with van der Waals surface area (Å²) in [6, 6.07) is 12.6. The molecular formula is C27H24FN3O3S. The number of fused-ring (bicyclic) bond motifs is 4. The van der Waals surface area contributed by atoms with Gasteiger partial charge in [-0.3, -0.25) is 9.59 Å². The van der Waals surface area contributed by atoms with Gasteiger partial charge in [0.25, 0.3) is 5.91 Å². The molecule has 3 aromatic rings. The van der Waals surface area contributed by atoms with Crippen molar-refractivity contribution in [2.45, 2.75) is 42.4 Å². The summed E-state index contributed by atoms with van der Waals surface area (Å²) in [6.07, 6.45) is 3.79. The van der Waals surface area contributed by atoms with Crippen molar-refractivity contribution < 1.29 is 14.3 Å². The first-order valence-electron chi connectivity index (χ1n) is 12.0. The molecule has 0 radical (unpaired) electrons. The Balaban J connectivity index is 1.38. The third kappa shape index (κ3) is 3.08. The Labute approximate surface area is 205 Å². The van der Waals surface area contributed by atoms with Crippen molar-refractivity contribution in [3.8, 4) is 17.0 Å². The molecule has 1 amide bonds. The minimum absolute atomic E-state index is 0.0377. The van der Waals surface area contributed by atoms with Gasteiger partial charge >= 0.3 is 0 Å². The summed E-state index contributed by atoms with van der Waals surface area (Å²) in [5.74, 6) is 0.504. The average Bonchev–Trinajstić information content (AvgIpc) is 3.37. The molecule has 8 heteroatoms. The van der Waals surface area contributed by atoms with Gasteiger partial charge in [-0.05, 0) is 66.8 Å². The first-order valence-corrected chi connectivity index (χ1v) is 13.0. The number of nitrogens with one attached hydrogen (secondary N) is 1. The number of thioether (sulfide) groups is 1. The first-order chi connectivity index (χ1) is 17.0. The van der Waals surface area contributed by atoms with Gasteiger partial charge in [0.15, 0.2) is 11.4 Å². The average molecular weight is 490 g/mol. The molecule has 8 rings (SSSR count). The molecule has 3 heterocycles. The van der Waals surface area contributed by atoms with Gasteiger partial charge in [-0.25, -0.2) is 9.07 Å². The molecule has 35 heavy (non-hydrogen) atoms. The van der Waals surface area contributed by atoms with Gasteiger partial charge in [0.2, 0.25) is 5.43 Å². The summed E-state index contributed by atoms with van der Waals surface area (Å²) in [7, 11) is 0. The molecule has 0 spiro atoms. The molecule has 2 aromatic carbocycles. The number of carbonyl (C=O) groups is 1. The van der Waals surface area contributed by atoms with E-state index in [4.69, 9.17) is 0 Å². The van der Waals surface area contributed by atoms with E-state index in [-0.39, 0.29) is 23.5 Å². The number of carbonyl (C=O) groups excluding carboxylic acids is 1. The van der Waals surface area contributed by atoms with Crippen LogP contribution in [0.25, 0.3) is 11.3 Å². The molecule has 1 atom stereocenters. The third-order valence-electron chi connectivity index (χ3n) is 8.21. The SMILES string of the molecule is O=C1c2c(O)c(=O)cc(-c3ccc(F)c4c3Cc3ccccc3SC4)n2NCN1C1CC2CC1C2. The van der Waals surface area contributed by atoms with Crippen LogP contribution in [0.4, 0.5) is 4.39 Å². The fourth-order valence-corrected chi connectivity index (χ4v) is 7.50. The molecule has 2 aliphatic heterocycles. The van der Waals surface area contributed by atoms with Crippen LogP contribution in [0.5, 0.6) is 5.75 Å². The third-order valence-corrected chi connectivity index (χ3v) is 9.35. The zero-order valence-corrected chi connectivity index (χ0v) is 19.8. The number of benzene rings is 2. The predicted molar refractivity (Wildman–Crippen MR) is 132 cm³/mol. The van der Waals surface area contributed by atoms with Crippen molar-refractivity contribution >= 4 is 17.7 Å². The van der Waals surface area contributed by atoms with Crippen LogP contribution in [0.15, 0.2) is 52.2 Å². The molecule has 5 aliphatic rings. The van der Waals surface area contributed by atoms with E-state index in [0.29, 0.717) is 47.5 Å². The Hall–Kier alpha value is -3.26. The fraction of sp³-hybridized carbons (Fsp3) is 0.333. The maximum atomic E-state index is 15.0. The number of rotatable bonds is 2. The number of hydrogen-bond acceptors (Lipinski definition) is 5. The smallest absolute Gasteiger partial charge is 0.278 e. The summed E-state index contributed by atoms with van der Waals surface area (Å²) in [5, 5.41) is 10.7. The molecule has 6 nitrogen and oxygen atoms in total. The van der Waals surface area contributed by atoms with E-state index >= 15 is 0 Å². The van der Waals surface area contributed by atoms with Gasteiger partial charge in [-0.15, -0.1) is 11.8 Å². The number of halogens is 1. The molecular weight excluding hydrogens is 465 g/mol. The van der Waals surface area contributed by atoms with E-state index in [1.807, 2.05) is 24.3 Å². The van der Waals surface area contributed by atoms with Crippen LogP contribution in [0.1, 0.15) is 46.4 Å². The maximum Gasteiger partial charge on any atom is 0.278 e. The number of amides is 1. The summed E-state index contributed by atoms with van der Waals surface area (Å²) >= 11 is 1.60. The second kappa shape index (κ2) is 7.62. The molecule has 2 bridgehead atoms. The van der Waals surface area contributed by atoms with Gasteiger partial charge in [0.05, 0.1) is 5.69 Å². The van der Waals surface area contributed by atoms with E-state index < -0.39 is 11.2 Å². The Morgan fingerprint density at radius 3 is 2.69 bits per heavy atom. The lowest BCUT2D eigenvalue weighted by atomic mass is 9.84. The van der Waals surface area contributed by atoms with Gasteiger partial charge in [0.1, 0.15) is 12.5 Å². The number of hydrogen-bond donors (Lipinski definition) is 2. The molecule has 2 N–H and O–H groups in total. The van der Waals surface area contributed by atoms with Gasteiger partial charge in [-0.1, -0.05) is 18.2 Å². The lowest BCUT2D eigenvalue weighted by Gasteiger charge is -2.38. The van der Waals surface area contributed by atoms with Crippen molar-refractivity contribution in [1.29, 1.82) is 0 Å². The van der Waals surface area contributed by atoms with Crippen molar-refractivity contribution in [2.24, 2.45) is 11.8 Å². The van der Waals surface area contributed by atoms with Crippen LogP contribution in [-0.2, 0) is 12.2 Å². The topological polar surface area (TPSA) is 74.6 Å². The van der Waals surface area contributed by atoms with E-state index in [1.54, 1.807) is 22.7 Å². The lowest BCUT2D eigenvalue weighted by Crippen LogP contribution is -2.52. The van der Waals surface area contributed by atoms with Crippen LogP contribution in [0.3, 0.4) is 0 Å². The lowest BCUT2D eigenvalue weighted by molar-refractivity contribution is 0.0606. The normalized spacial score (nSPS) is 24.1. The second-order valence-corrected chi connectivity index (χ2v) is 11.1. The van der Waals surface area contributed by atoms with Crippen molar-refractivity contribution in [3.05, 3.63) is 80.9 Å². The summed E-state index contributed by atoms with van der Waals surface area (Å²) < 4.78 is 16.5. The number of aromatic nitrogens is 1. The van der Waals surface area contributed by atoms with Gasteiger partial charge in [0, 0.05) is 33.9 Å². The predicted octanol–water partition coefficient (Wildman–Crippen LogP) is 4.31. The zero-order valence-electron chi connectivity index (χ0n) is 19.0. The Bertz CT molecular complexity index is 1460. The monoisotopic (exact) mass is 489 g/mol. The molecule has 178 valence electrons. The molecule has 1 unspecified atom stereocenters. The standard InChI is InChI=1S/C27H24FN3O3S/c28-20-6-5-17(18-10-15-3-1-2-4-24(15)35-12-19(18)20)22-11-23(32)26(33)25-27(34)30(13-29-31(22)25)21-9-14-7-16(21)8-14/h1-6,11,14,16,21,29,33H,7-10,12-13H2. The van der Waals surface area contributed by atoms with Gasteiger partial charge < -0.3 is 15.4 Å². The Kier molecular flexibility index (Phi) is 4.58. The highest BCUT2D eigenvalue weighted by Gasteiger charge is 2.49. The fourth-order valence-electron chi connectivity index (χ4n) is 6.39. The summed E-state index contributed by atoms with van der Waals surface area (Å²) in [6.45, 7) is 0.303. The number of aromatic hydroxyl groups is 1. The minimum Gasteiger partial charge on any atom is -0.502 e. The highest BCUT2D eigenvalue weighted by Crippen LogP contribution is 2.51. The largest absolute Gasteiger partial charge is 0.502 e. The molecule has 3 saturated carbocycles. The maximum absolute atomic E-state index is 15.0. The molecule has 3 aliphatic carbocycles. The molecule has 0 saturated heterocycles. The van der Waals surface area contributed by atoms with Crippen LogP contribution in [-0.4, -0.2) is 33.3 Å². The second-order valence-electron chi connectivity index (χ2n) is 10.0. The van der Waals surface area contributed by atoms with E-state index in [9.17, 15) is 19.1 Å². The van der Waals surface area contributed by atoms with Crippen LogP contribution < -0.4 is 10.9 Å². The van der Waals surface area contributed by atoms with Crippen molar-refractivity contribution in [3.63, 3.8) is 0 Å². The quantitative estimate of drug-likeness (QED) is 0.561. The van der Waals surface area contributed by atoms with Crippen LogP contribution in [0, 0.1) is 17.7 Å². The van der Waals surface area contributed by atoms with E-state index in [2.05, 4.69) is 5.43 Å². The van der Waals surface area contributed by atoms with Crippen molar-refractivity contribution in [1.82, 2.24) is 9.58 Å². The first kappa shape index (κ1) is 21.1. The Morgan fingerprint density at radius 1 is 1.06 bits per heavy atom. The molecule has 3 fully saturated rings. The summed E-state index contributed by atoms with van der Waals surface area (Å²) in [5.41, 5.74) is 6.28. The van der Waals surface area contributed by atoms with E-state index in [0.717, 1.165) is 35.3 Å². The minimum atomic E-state index is -0.611. The highest BCUT2D eigenvalue weighted by molar-refractivity contribution is 7.98. The number of pyridine rings is 1. The zero-order chi connectivity index (χ0) is 23.8. The Morgan fingerprint density at radius 2 is 1.89 bits per heavy atom. The molecule has 1 aromatic heterocycles. The number of nitrogens with zero attached hydrogens (tertiary/aromatic N) is 2. The van der Waals surface area contributed by atoms with E-state index in [1.165, 1.54) is 16.8 Å². The summed E-state index contributed by atoms with van der Waals surface area (Å²) in [4.78, 5) is 29.4. The van der Waals surface area contributed by atoms with Crippen LogP contribution in [0.2, 0.25) is 0 Å².